The standard InChI is InChI=1S/C13H17N3OS/c1-10(8-18-2)15-13(17)7-16-9-14-11-5-3-4-6-12(11)16/h3-6,9-10H,7-8H2,1-2H3,(H,15,17). The molecular formula is C13H17N3OS. The van der Waals surface area contributed by atoms with Crippen molar-refractivity contribution in [2.24, 2.45) is 0 Å². The minimum absolute atomic E-state index is 0.0275. The lowest BCUT2D eigenvalue weighted by Gasteiger charge is -2.12. The van der Waals surface area contributed by atoms with Gasteiger partial charge in [0, 0.05) is 11.8 Å². The Morgan fingerprint density at radius 3 is 3.06 bits per heavy atom. The third-order valence-corrected chi connectivity index (χ3v) is 3.50. The van der Waals surface area contributed by atoms with E-state index in [2.05, 4.69) is 10.3 Å². The van der Waals surface area contributed by atoms with Crippen LogP contribution in [0.3, 0.4) is 0 Å². The number of imidazole rings is 1. The molecule has 0 aliphatic heterocycles. The zero-order valence-corrected chi connectivity index (χ0v) is 11.4. The first-order valence-corrected chi connectivity index (χ1v) is 7.28. The molecule has 0 bridgehead atoms. The number of amides is 1. The Morgan fingerprint density at radius 2 is 2.28 bits per heavy atom. The summed E-state index contributed by atoms with van der Waals surface area (Å²) in [6.07, 6.45) is 3.75. The average molecular weight is 263 g/mol. The van der Waals surface area contributed by atoms with Gasteiger partial charge in [-0.2, -0.15) is 11.8 Å². The monoisotopic (exact) mass is 263 g/mol. The highest BCUT2D eigenvalue weighted by atomic mass is 32.2. The molecule has 5 heteroatoms. The highest BCUT2D eigenvalue weighted by Gasteiger charge is 2.09. The van der Waals surface area contributed by atoms with Crippen LogP contribution in [0, 0.1) is 0 Å². The molecule has 0 saturated heterocycles. The van der Waals surface area contributed by atoms with Crippen molar-refractivity contribution >= 4 is 28.7 Å². The first-order valence-electron chi connectivity index (χ1n) is 5.89. The topological polar surface area (TPSA) is 46.9 Å². The summed E-state index contributed by atoms with van der Waals surface area (Å²) in [5, 5.41) is 2.98. The second-order valence-corrected chi connectivity index (χ2v) is 5.20. The van der Waals surface area contributed by atoms with Crippen LogP contribution < -0.4 is 5.32 Å². The van der Waals surface area contributed by atoms with Gasteiger partial charge < -0.3 is 9.88 Å². The second-order valence-electron chi connectivity index (χ2n) is 4.29. The Kier molecular flexibility index (Phi) is 4.25. The van der Waals surface area contributed by atoms with E-state index in [-0.39, 0.29) is 11.9 Å². The first kappa shape index (κ1) is 13.0. The molecule has 1 aromatic heterocycles. The Bertz CT molecular complexity index is 538. The third-order valence-electron chi connectivity index (χ3n) is 2.67. The SMILES string of the molecule is CSCC(C)NC(=O)Cn1cnc2ccccc21. The molecule has 2 aromatic rings. The van der Waals surface area contributed by atoms with Crippen molar-refractivity contribution in [3.05, 3.63) is 30.6 Å². The molecule has 18 heavy (non-hydrogen) atoms. The molecule has 0 saturated carbocycles. The van der Waals surface area contributed by atoms with Crippen LogP contribution in [0.15, 0.2) is 30.6 Å². The van der Waals surface area contributed by atoms with E-state index < -0.39 is 0 Å². The van der Waals surface area contributed by atoms with Crippen molar-refractivity contribution in [3.8, 4) is 0 Å². The lowest BCUT2D eigenvalue weighted by molar-refractivity contribution is -0.122. The number of nitrogens with zero attached hydrogens (tertiary/aromatic N) is 2. The molecule has 1 atom stereocenters. The predicted molar refractivity (Wildman–Crippen MR) is 75.7 cm³/mol. The summed E-state index contributed by atoms with van der Waals surface area (Å²) in [4.78, 5) is 16.1. The largest absolute Gasteiger partial charge is 0.351 e. The molecule has 96 valence electrons. The maximum Gasteiger partial charge on any atom is 0.240 e. The lowest BCUT2D eigenvalue weighted by atomic mass is 10.3. The number of fused-ring (bicyclic) bond motifs is 1. The summed E-state index contributed by atoms with van der Waals surface area (Å²) in [6, 6.07) is 8.01. The number of hydrogen-bond donors (Lipinski definition) is 1. The van der Waals surface area contributed by atoms with Crippen molar-refractivity contribution in [3.63, 3.8) is 0 Å². The number of nitrogens with one attached hydrogen (secondary N) is 1. The zero-order chi connectivity index (χ0) is 13.0. The van der Waals surface area contributed by atoms with Crippen molar-refractivity contribution in [2.45, 2.75) is 19.5 Å². The fraction of sp³-hybridized carbons (Fsp3) is 0.385. The molecule has 0 fully saturated rings. The van der Waals surface area contributed by atoms with E-state index in [9.17, 15) is 4.79 Å². The number of benzene rings is 1. The van der Waals surface area contributed by atoms with E-state index in [0.29, 0.717) is 6.54 Å². The molecule has 1 heterocycles. The highest BCUT2D eigenvalue weighted by molar-refractivity contribution is 7.98. The van der Waals surface area contributed by atoms with Crippen LogP contribution >= 0.6 is 11.8 Å². The third kappa shape index (κ3) is 3.04. The number of hydrogen-bond acceptors (Lipinski definition) is 3. The van der Waals surface area contributed by atoms with E-state index in [1.54, 1.807) is 18.1 Å². The molecule has 1 N–H and O–H groups in total. The van der Waals surface area contributed by atoms with Gasteiger partial charge >= 0.3 is 0 Å². The number of carbonyl (C=O) groups is 1. The lowest BCUT2D eigenvalue weighted by Crippen LogP contribution is -2.36. The number of carbonyl (C=O) groups excluding carboxylic acids is 1. The van der Waals surface area contributed by atoms with Crippen LogP contribution in [0.2, 0.25) is 0 Å². The summed E-state index contributed by atoms with van der Waals surface area (Å²) in [7, 11) is 0. The predicted octanol–water partition coefficient (Wildman–Crippen LogP) is 1.90. The van der Waals surface area contributed by atoms with Crippen molar-refractivity contribution in [2.75, 3.05) is 12.0 Å². The molecular weight excluding hydrogens is 246 g/mol. The Labute approximate surface area is 111 Å². The molecule has 4 nitrogen and oxygen atoms in total. The van der Waals surface area contributed by atoms with Gasteiger partial charge in [0.15, 0.2) is 0 Å². The normalized spacial score (nSPS) is 12.6. The van der Waals surface area contributed by atoms with Gasteiger partial charge in [-0.25, -0.2) is 4.98 Å². The van der Waals surface area contributed by atoms with E-state index >= 15 is 0 Å². The maximum atomic E-state index is 11.9. The number of para-hydroxylation sites is 2. The molecule has 1 aromatic carbocycles. The Morgan fingerprint density at radius 1 is 1.50 bits per heavy atom. The smallest absolute Gasteiger partial charge is 0.240 e. The summed E-state index contributed by atoms with van der Waals surface area (Å²) in [5.74, 6) is 0.955. The number of aromatic nitrogens is 2. The van der Waals surface area contributed by atoms with Crippen LogP contribution in [-0.2, 0) is 11.3 Å². The van der Waals surface area contributed by atoms with Crippen LogP contribution in [-0.4, -0.2) is 33.5 Å². The van der Waals surface area contributed by atoms with Crippen LogP contribution in [0.5, 0.6) is 0 Å². The fourth-order valence-electron chi connectivity index (χ4n) is 1.90. The van der Waals surface area contributed by atoms with Crippen molar-refractivity contribution in [1.82, 2.24) is 14.9 Å². The summed E-state index contributed by atoms with van der Waals surface area (Å²) in [6.45, 7) is 2.33. The minimum atomic E-state index is 0.0275. The summed E-state index contributed by atoms with van der Waals surface area (Å²) >= 11 is 1.73. The number of thioether (sulfide) groups is 1. The first-order chi connectivity index (χ1) is 8.70. The maximum absolute atomic E-state index is 11.9. The van der Waals surface area contributed by atoms with Gasteiger partial charge in [0.1, 0.15) is 6.54 Å². The van der Waals surface area contributed by atoms with E-state index in [1.165, 1.54) is 0 Å². The van der Waals surface area contributed by atoms with Gasteiger partial charge in [0.2, 0.25) is 5.91 Å². The highest BCUT2D eigenvalue weighted by Crippen LogP contribution is 2.11. The van der Waals surface area contributed by atoms with Gasteiger partial charge in [-0.15, -0.1) is 0 Å². The van der Waals surface area contributed by atoms with Gasteiger partial charge in [-0.05, 0) is 25.3 Å². The summed E-state index contributed by atoms with van der Waals surface area (Å²) < 4.78 is 1.87. The van der Waals surface area contributed by atoms with Gasteiger partial charge in [0.25, 0.3) is 0 Å². The van der Waals surface area contributed by atoms with E-state index in [1.807, 2.05) is 42.0 Å². The summed E-state index contributed by atoms with van der Waals surface area (Å²) in [5.41, 5.74) is 1.91. The number of rotatable bonds is 5. The molecule has 2 rings (SSSR count). The molecule has 0 aliphatic carbocycles. The van der Waals surface area contributed by atoms with Gasteiger partial charge in [0.05, 0.1) is 17.4 Å². The van der Waals surface area contributed by atoms with E-state index in [4.69, 9.17) is 0 Å². The molecule has 0 radical (unpaired) electrons. The van der Waals surface area contributed by atoms with Gasteiger partial charge in [-0.3, -0.25) is 4.79 Å². The second kappa shape index (κ2) is 5.91. The van der Waals surface area contributed by atoms with Crippen LogP contribution in [0.25, 0.3) is 11.0 Å². The van der Waals surface area contributed by atoms with Gasteiger partial charge in [-0.1, -0.05) is 12.1 Å². The van der Waals surface area contributed by atoms with Crippen LogP contribution in [0.4, 0.5) is 0 Å². The molecule has 1 unspecified atom stereocenters. The van der Waals surface area contributed by atoms with E-state index in [0.717, 1.165) is 16.8 Å². The zero-order valence-electron chi connectivity index (χ0n) is 10.6. The minimum Gasteiger partial charge on any atom is -0.351 e. The van der Waals surface area contributed by atoms with Crippen molar-refractivity contribution in [1.29, 1.82) is 0 Å². The van der Waals surface area contributed by atoms with Crippen molar-refractivity contribution < 1.29 is 4.79 Å². The molecule has 0 aliphatic rings. The fourth-order valence-corrected chi connectivity index (χ4v) is 2.49. The average Bonchev–Trinajstić information content (AvgIpc) is 2.73. The Hall–Kier alpha value is -1.49. The Balaban J connectivity index is 2.03. The molecule has 1 amide bonds. The van der Waals surface area contributed by atoms with Crippen LogP contribution in [0.1, 0.15) is 6.92 Å². The molecule has 0 spiro atoms. The quantitative estimate of drug-likeness (QED) is 0.896.